The fraction of sp³-hybridized carbons (Fsp3) is 0.552. The molecule has 7 heteroatoms. The summed E-state index contributed by atoms with van der Waals surface area (Å²) < 4.78 is 5.94. The van der Waals surface area contributed by atoms with Gasteiger partial charge in [0.2, 0.25) is 5.91 Å². The predicted octanol–water partition coefficient (Wildman–Crippen LogP) is 4.40. The molecule has 36 heavy (non-hydrogen) atoms. The molecule has 1 atom stereocenters. The second-order valence-electron chi connectivity index (χ2n) is 10.9. The SMILES string of the molecule is CC(C)(Cc1ccccc1)C(=O)NC(CCO[C@H]1C[C@H](CCc2ccc3c(n2)NCCC3)C1)C(=O)O. The second kappa shape index (κ2) is 11.9. The van der Waals surface area contributed by atoms with Gasteiger partial charge in [-0.15, -0.1) is 0 Å². The number of amides is 1. The van der Waals surface area contributed by atoms with Crippen LogP contribution in [0, 0.1) is 11.3 Å². The molecule has 0 saturated heterocycles. The number of nitrogens with one attached hydrogen (secondary N) is 2. The number of ether oxygens (including phenoxy) is 1. The average molecular weight is 494 g/mol. The number of nitrogens with zero attached hydrogens (tertiary/aromatic N) is 1. The summed E-state index contributed by atoms with van der Waals surface area (Å²) in [6, 6.07) is 13.2. The zero-order valence-electron chi connectivity index (χ0n) is 21.5. The Balaban J connectivity index is 1.15. The summed E-state index contributed by atoms with van der Waals surface area (Å²) in [5.41, 5.74) is 2.80. The number of carboxylic acid groups (broad SMARTS) is 1. The van der Waals surface area contributed by atoms with Gasteiger partial charge in [-0.1, -0.05) is 50.2 Å². The molecule has 194 valence electrons. The molecule has 3 N–H and O–H groups in total. The van der Waals surface area contributed by atoms with Crippen LogP contribution in [0.1, 0.15) is 62.8 Å². The number of carbonyl (C=O) groups is 2. The number of hydrogen-bond donors (Lipinski definition) is 3. The summed E-state index contributed by atoms with van der Waals surface area (Å²) >= 11 is 0. The molecule has 1 aliphatic carbocycles. The highest BCUT2D eigenvalue weighted by Gasteiger charge is 2.33. The smallest absolute Gasteiger partial charge is 0.326 e. The molecule has 1 aliphatic heterocycles. The van der Waals surface area contributed by atoms with Crippen LogP contribution >= 0.6 is 0 Å². The van der Waals surface area contributed by atoms with Gasteiger partial charge < -0.3 is 20.5 Å². The van der Waals surface area contributed by atoms with Gasteiger partial charge in [-0.25, -0.2) is 9.78 Å². The average Bonchev–Trinajstić information content (AvgIpc) is 2.84. The van der Waals surface area contributed by atoms with Crippen molar-refractivity contribution in [1.29, 1.82) is 0 Å². The fourth-order valence-electron chi connectivity index (χ4n) is 5.06. The Morgan fingerprint density at radius 3 is 2.72 bits per heavy atom. The van der Waals surface area contributed by atoms with Gasteiger partial charge in [0, 0.05) is 30.7 Å². The minimum atomic E-state index is -1.03. The molecular formula is C29H39N3O4. The van der Waals surface area contributed by atoms with Gasteiger partial charge in [0.25, 0.3) is 0 Å². The van der Waals surface area contributed by atoms with E-state index in [4.69, 9.17) is 9.72 Å². The Bertz CT molecular complexity index is 1030. The molecule has 2 aromatic rings. The van der Waals surface area contributed by atoms with Crippen LogP contribution in [-0.2, 0) is 33.6 Å². The lowest BCUT2D eigenvalue weighted by Gasteiger charge is -2.35. The molecule has 1 saturated carbocycles. The van der Waals surface area contributed by atoms with E-state index >= 15 is 0 Å². The first kappa shape index (κ1) is 26.1. The van der Waals surface area contributed by atoms with Crippen molar-refractivity contribution in [2.24, 2.45) is 11.3 Å². The quantitative estimate of drug-likeness (QED) is 0.405. The van der Waals surface area contributed by atoms with Gasteiger partial charge >= 0.3 is 5.97 Å². The Hall–Kier alpha value is -2.93. The maximum Gasteiger partial charge on any atom is 0.326 e. The monoisotopic (exact) mass is 493 g/mol. The minimum Gasteiger partial charge on any atom is -0.480 e. The predicted molar refractivity (Wildman–Crippen MR) is 140 cm³/mol. The standard InChI is InChI=1S/C29H39N3O4/c1-29(2,19-20-7-4-3-5-8-20)28(35)32-25(27(33)34)14-16-36-24-17-21(18-24)10-12-23-13-11-22-9-6-15-30-26(22)31-23/h3-5,7-8,11,13,21,24-25H,6,9-10,12,14-19H2,1-2H3,(H,30,31)(H,32,35)(H,33,34)/t21-,24-,25?. The van der Waals surface area contributed by atoms with Crippen LogP contribution in [0.3, 0.4) is 0 Å². The first-order chi connectivity index (χ1) is 17.3. The lowest BCUT2D eigenvalue weighted by Crippen LogP contribution is -2.48. The van der Waals surface area contributed by atoms with E-state index in [2.05, 4.69) is 22.8 Å². The maximum atomic E-state index is 12.8. The second-order valence-corrected chi connectivity index (χ2v) is 10.9. The highest BCUT2D eigenvalue weighted by molar-refractivity contribution is 5.87. The number of benzene rings is 1. The Labute approximate surface area is 214 Å². The van der Waals surface area contributed by atoms with Crippen LogP contribution in [-0.4, -0.2) is 47.3 Å². The van der Waals surface area contributed by atoms with Crippen LogP contribution in [0.5, 0.6) is 0 Å². The van der Waals surface area contributed by atoms with E-state index in [1.165, 1.54) is 12.0 Å². The van der Waals surface area contributed by atoms with Crippen LogP contribution in [0.4, 0.5) is 5.82 Å². The number of carboxylic acids is 1. The lowest BCUT2D eigenvalue weighted by atomic mass is 9.79. The van der Waals surface area contributed by atoms with E-state index in [-0.39, 0.29) is 18.4 Å². The zero-order chi connectivity index (χ0) is 25.5. The third-order valence-electron chi connectivity index (χ3n) is 7.42. The minimum absolute atomic E-state index is 0.174. The molecule has 4 rings (SSSR count). The van der Waals surface area contributed by atoms with Gasteiger partial charge in [-0.3, -0.25) is 4.79 Å². The summed E-state index contributed by atoms with van der Waals surface area (Å²) in [6.45, 7) is 5.01. The van der Waals surface area contributed by atoms with Gasteiger partial charge in [0.1, 0.15) is 11.9 Å². The molecule has 2 heterocycles. The number of rotatable bonds is 12. The Kier molecular flexibility index (Phi) is 8.62. The number of carbonyl (C=O) groups excluding carboxylic acids is 1. The number of fused-ring (bicyclic) bond motifs is 1. The molecule has 2 aliphatic rings. The van der Waals surface area contributed by atoms with Gasteiger partial charge in [-0.2, -0.15) is 0 Å². The van der Waals surface area contributed by atoms with Crippen molar-refractivity contribution >= 4 is 17.7 Å². The topological polar surface area (TPSA) is 101 Å². The van der Waals surface area contributed by atoms with Crippen molar-refractivity contribution in [1.82, 2.24) is 10.3 Å². The summed E-state index contributed by atoms with van der Waals surface area (Å²) in [7, 11) is 0. The van der Waals surface area contributed by atoms with Crippen LogP contribution < -0.4 is 10.6 Å². The third-order valence-corrected chi connectivity index (χ3v) is 7.42. The van der Waals surface area contributed by atoms with Gasteiger partial charge in [-0.05, 0) is 68.1 Å². The maximum absolute atomic E-state index is 12.8. The third kappa shape index (κ3) is 7.06. The highest BCUT2D eigenvalue weighted by Crippen LogP contribution is 2.34. The van der Waals surface area contributed by atoms with E-state index in [1.54, 1.807) is 0 Å². The van der Waals surface area contributed by atoms with Crippen LogP contribution in [0.2, 0.25) is 0 Å². The van der Waals surface area contributed by atoms with E-state index in [9.17, 15) is 14.7 Å². The molecular weight excluding hydrogens is 454 g/mol. The highest BCUT2D eigenvalue weighted by atomic mass is 16.5. The summed E-state index contributed by atoms with van der Waals surface area (Å²) in [4.78, 5) is 29.4. The molecule has 1 amide bonds. The number of anilines is 1. The van der Waals surface area contributed by atoms with E-state index < -0.39 is 17.4 Å². The van der Waals surface area contributed by atoms with Crippen molar-refractivity contribution in [3.05, 3.63) is 59.3 Å². The largest absolute Gasteiger partial charge is 0.480 e. The summed E-state index contributed by atoms with van der Waals surface area (Å²) in [6.07, 6.45) is 7.31. The summed E-state index contributed by atoms with van der Waals surface area (Å²) in [5, 5.41) is 15.7. The molecule has 1 fully saturated rings. The molecule has 7 nitrogen and oxygen atoms in total. The van der Waals surface area contributed by atoms with Crippen molar-refractivity contribution in [3.8, 4) is 0 Å². The Morgan fingerprint density at radius 2 is 1.97 bits per heavy atom. The van der Waals surface area contributed by atoms with E-state index in [0.717, 1.165) is 55.7 Å². The normalized spacial score (nSPS) is 19.9. The van der Waals surface area contributed by atoms with Crippen molar-refractivity contribution in [2.75, 3.05) is 18.5 Å². The van der Waals surface area contributed by atoms with Crippen molar-refractivity contribution in [3.63, 3.8) is 0 Å². The molecule has 0 spiro atoms. The molecule has 1 unspecified atom stereocenters. The van der Waals surface area contributed by atoms with E-state index in [0.29, 0.717) is 18.9 Å². The fourth-order valence-corrected chi connectivity index (χ4v) is 5.06. The molecule has 0 bridgehead atoms. The molecule has 1 aromatic heterocycles. The molecule has 0 radical (unpaired) electrons. The first-order valence-electron chi connectivity index (χ1n) is 13.2. The number of aromatic nitrogens is 1. The zero-order valence-corrected chi connectivity index (χ0v) is 21.5. The number of pyridine rings is 1. The van der Waals surface area contributed by atoms with Crippen LogP contribution in [0.15, 0.2) is 42.5 Å². The van der Waals surface area contributed by atoms with Crippen molar-refractivity contribution in [2.45, 2.75) is 77.4 Å². The van der Waals surface area contributed by atoms with Crippen LogP contribution in [0.25, 0.3) is 0 Å². The first-order valence-corrected chi connectivity index (χ1v) is 13.2. The van der Waals surface area contributed by atoms with Crippen molar-refractivity contribution < 1.29 is 19.4 Å². The number of aryl methyl sites for hydroxylation is 2. The van der Waals surface area contributed by atoms with Gasteiger partial charge in [0.15, 0.2) is 0 Å². The van der Waals surface area contributed by atoms with Gasteiger partial charge in [0.05, 0.1) is 6.10 Å². The summed E-state index contributed by atoms with van der Waals surface area (Å²) in [5.74, 6) is 0.390. The molecule has 1 aromatic carbocycles. The number of aliphatic carboxylic acids is 1. The number of hydrogen-bond acceptors (Lipinski definition) is 5. The lowest BCUT2D eigenvalue weighted by molar-refractivity contribution is -0.144. The van der Waals surface area contributed by atoms with E-state index in [1.807, 2.05) is 44.2 Å². The Morgan fingerprint density at radius 1 is 1.19 bits per heavy atom.